The smallest absolute Gasteiger partial charge is 0.263 e. The number of aryl methyl sites for hydroxylation is 1. The van der Waals surface area contributed by atoms with Crippen LogP contribution < -0.4 is 11.1 Å². The van der Waals surface area contributed by atoms with E-state index in [1.54, 1.807) is 25.3 Å². The van der Waals surface area contributed by atoms with Crippen LogP contribution in [0.5, 0.6) is 0 Å². The van der Waals surface area contributed by atoms with E-state index in [1.165, 1.54) is 0 Å². The predicted molar refractivity (Wildman–Crippen MR) is 73.9 cm³/mol. The molecular weight excluding hydrogens is 258 g/mol. The van der Waals surface area contributed by atoms with Gasteiger partial charge in [-0.05, 0) is 32.4 Å². The number of nitrogens with one attached hydrogen (secondary N) is 1. The third-order valence-corrected chi connectivity index (χ3v) is 2.87. The van der Waals surface area contributed by atoms with E-state index in [0.717, 1.165) is 6.42 Å². The number of amides is 1. The predicted octanol–water partition coefficient (Wildman–Crippen LogP) is 1.64. The summed E-state index contributed by atoms with van der Waals surface area (Å²) in [6.07, 6.45) is 2.49. The fraction of sp³-hybridized carbons (Fsp3) is 0.429. The molecule has 0 saturated heterocycles. The largest absolute Gasteiger partial charge is 0.459 e. The van der Waals surface area contributed by atoms with Gasteiger partial charge in [-0.25, -0.2) is 4.98 Å². The van der Waals surface area contributed by atoms with E-state index >= 15 is 0 Å². The Bertz CT molecular complexity index is 558. The van der Waals surface area contributed by atoms with Crippen molar-refractivity contribution in [2.75, 3.05) is 6.54 Å². The molecule has 1 amide bonds. The summed E-state index contributed by atoms with van der Waals surface area (Å²) in [5.74, 6) is 1.48. The molecule has 3 N–H and O–H groups in total. The highest BCUT2D eigenvalue weighted by molar-refractivity contribution is 5.78. The van der Waals surface area contributed by atoms with Gasteiger partial charge in [-0.15, -0.1) is 0 Å². The van der Waals surface area contributed by atoms with Crippen LogP contribution in [-0.2, 0) is 11.2 Å². The van der Waals surface area contributed by atoms with Crippen LogP contribution >= 0.6 is 0 Å². The van der Waals surface area contributed by atoms with E-state index in [-0.39, 0.29) is 18.4 Å². The summed E-state index contributed by atoms with van der Waals surface area (Å²) >= 11 is 0. The van der Waals surface area contributed by atoms with Gasteiger partial charge in [0, 0.05) is 12.6 Å². The normalized spacial score (nSPS) is 12.3. The number of carbonyl (C=O) groups excluding carboxylic acids is 1. The second-order valence-corrected chi connectivity index (χ2v) is 4.79. The Labute approximate surface area is 117 Å². The molecule has 20 heavy (non-hydrogen) atoms. The Hall–Kier alpha value is -2.08. The summed E-state index contributed by atoms with van der Waals surface area (Å²) in [5.41, 5.74) is 6.24. The van der Waals surface area contributed by atoms with E-state index in [9.17, 15) is 4.79 Å². The molecule has 0 saturated carbocycles. The molecule has 6 heteroatoms. The minimum atomic E-state index is -0.0898. The van der Waals surface area contributed by atoms with E-state index in [2.05, 4.69) is 10.3 Å². The summed E-state index contributed by atoms with van der Waals surface area (Å²) in [5, 5.41) is 2.81. The molecule has 1 unspecified atom stereocenters. The van der Waals surface area contributed by atoms with Gasteiger partial charge in [-0.1, -0.05) is 0 Å². The molecule has 6 nitrogen and oxygen atoms in total. The maximum Gasteiger partial charge on any atom is 0.263 e. The quantitative estimate of drug-likeness (QED) is 0.837. The monoisotopic (exact) mass is 277 g/mol. The molecule has 2 rings (SSSR count). The Morgan fingerprint density at radius 1 is 1.55 bits per heavy atom. The van der Waals surface area contributed by atoms with Crippen molar-refractivity contribution in [3.8, 4) is 11.7 Å². The maximum atomic E-state index is 11.8. The first-order valence-corrected chi connectivity index (χ1v) is 6.58. The standard InChI is InChI=1S/C14H19N3O3/c1-9(15)5-6-16-13(18)8-11-10(2)20-14(17-11)12-4-3-7-19-12/h3-4,7,9H,5-6,8,15H2,1-2H3,(H,16,18). The van der Waals surface area contributed by atoms with Crippen molar-refractivity contribution in [3.05, 3.63) is 29.9 Å². The van der Waals surface area contributed by atoms with Gasteiger partial charge in [0.05, 0.1) is 18.4 Å². The van der Waals surface area contributed by atoms with Gasteiger partial charge in [-0.3, -0.25) is 4.79 Å². The number of nitrogens with two attached hydrogens (primary N) is 1. The van der Waals surface area contributed by atoms with Crippen LogP contribution in [0.25, 0.3) is 11.7 Å². The molecule has 1 atom stereocenters. The zero-order chi connectivity index (χ0) is 14.5. The van der Waals surface area contributed by atoms with Gasteiger partial charge in [0.15, 0.2) is 5.76 Å². The lowest BCUT2D eigenvalue weighted by molar-refractivity contribution is -0.120. The van der Waals surface area contributed by atoms with Gasteiger partial charge in [0.25, 0.3) is 5.89 Å². The third-order valence-electron chi connectivity index (χ3n) is 2.87. The highest BCUT2D eigenvalue weighted by Gasteiger charge is 2.15. The number of oxazole rings is 1. The van der Waals surface area contributed by atoms with Gasteiger partial charge >= 0.3 is 0 Å². The zero-order valence-electron chi connectivity index (χ0n) is 11.7. The third kappa shape index (κ3) is 3.71. The Balaban J connectivity index is 1.94. The van der Waals surface area contributed by atoms with E-state index in [4.69, 9.17) is 14.6 Å². The van der Waals surface area contributed by atoms with Crippen molar-refractivity contribution >= 4 is 5.91 Å². The fourth-order valence-electron chi connectivity index (χ4n) is 1.75. The average Bonchev–Trinajstić information content (AvgIpc) is 2.99. The molecule has 0 radical (unpaired) electrons. The molecule has 108 valence electrons. The lowest BCUT2D eigenvalue weighted by Crippen LogP contribution is -2.30. The van der Waals surface area contributed by atoms with E-state index in [0.29, 0.717) is 29.6 Å². The van der Waals surface area contributed by atoms with Crippen LogP contribution in [-0.4, -0.2) is 23.5 Å². The lowest BCUT2D eigenvalue weighted by atomic mass is 10.2. The molecule has 2 heterocycles. The van der Waals surface area contributed by atoms with Gasteiger partial charge < -0.3 is 19.9 Å². The first kappa shape index (κ1) is 14.3. The number of carbonyl (C=O) groups is 1. The van der Waals surface area contributed by atoms with Gasteiger partial charge in [0.1, 0.15) is 5.76 Å². The molecular formula is C14H19N3O3. The minimum absolute atomic E-state index is 0.0784. The molecule has 0 spiro atoms. The van der Waals surface area contributed by atoms with Crippen LogP contribution in [0.2, 0.25) is 0 Å². The van der Waals surface area contributed by atoms with E-state index in [1.807, 2.05) is 6.92 Å². The number of furan rings is 1. The summed E-state index contributed by atoms with van der Waals surface area (Å²) in [4.78, 5) is 16.1. The lowest BCUT2D eigenvalue weighted by Gasteiger charge is -2.06. The SMILES string of the molecule is Cc1oc(-c2ccco2)nc1CC(=O)NCCC(C)N. The van der Waals surface area contributed by atoms with Crippen LogP contribution in [0.3, 0.4) is 0 Å². The number of nitrogens with zero attached hydrogens (tertiary/aromatic N) is 1. The minimum Gasteiger partial charge on any atom is -0.459 e. The molecule has 0 aliphatic carbocycles. The first-order chi connectivity index (χ1) is 9.56. The maximum absolute atomic E-state index is 11.8. The highest BCUT2D eigenvalue weighted by atomic mass is 16.4. The van der Waals surface area contributed by atoms with Gasteiger partial charge in [0.2, 0.25) is 5.91 Å². The molecule has 0 aliphatic heterocycles. The van der Waals surface area contributed by atoms with Crippen molar-refractivity contribution in [3.63, 3.8) is 0 Å². The molecule has 0 fully saturated rings. The Kier molecular flexibility index (Phi) is 4.57. The topological polar surface area (TPSA) is 94.3 Å². The van der Waals surface area contributed by atoms with Crippen LogP contribution in [0.15, 0.2) is 27.2 Å². The summed E-state index contributed by atoms with van der Waals surface area (Å²) in [6.45, 7) is 4.26. The van der Waals surface area contributed by atoms with Crippen molar-refractivity contribution in [1.82, 2.24) is 10.3 Å². The molecule has 0 bridgehead atoms. The number of hydrogen-bond donors (Lipinski definition) is 2. The van der Waals surface area contributed by atoms with Crippen molar-refractivity contribution in [2.45, 2.75) is 32.7 Å². The van der Waals surface area contributed by atoms with Crippen LogP contribution in [0, 0.1) is 6.92 Å². The zero-order valence-corrected chi connectivity index (χ0v) is 11.7. The molecule has 2 aromatic heterocycles. The van der Waals surface area contributed by atoms with Crippen LogP contribution in [0.4, 0.5) is 0 Å². The second kappa shape index (κ2) is 6.38. The highest BCUT2D eigenvalue weighted by Crippen LogP contribution is 2.22. The second-order valence-electron chi connectivity index (χ2n) is 4.79. The first-order valence-electron chi connectivity index (χ1n) is 6.58. The van der Waals surface area contributed by atoms with Crippen molar-refractivity contribution < 1.29 is 13.6 Å². The number of hydrogen-bond acceptors (Lipinski definition) is 5. The summed E-state index contributed by atoms with van der Waals surface area (Å²) in [6, 6.07) is 3.60. The van der Waals surface area contributed by atoms with Crippen LogP contribution in [0.1, 0.15) is 24.8 Å². The Morgan fingerprint density at radius 2 is 2.35 bits per heavy atom. The number of aromatic nitrogens is 1. The van der Waals surface area contributed by atoms with Crippen molar-refractivity contribution in [1.29, 1.82) is 0 Å². The van der Waals surface area contributed by atoms with Crippen molar-refractivity contribution in [2.24, 2.45) is 5.73 Å². The molecule has 0 aliphatic rings. The molecule has 0 aromatic carbocycles. The number of rotatable bonds is 6. The van der Waals surface area contributed by atoms with Gasteiger partial charge in [-0.2, -0.15) is 0 Å². The average molecular weight is 277 g/mol. The Morgan fingerprint density at radius 3 is 3.00 bits per heavy atom. The van der Waals surface area contributed by atoms with E-state index < -0.39 is 0 Å². The summed E-state index contributed by atoms with van der Waals surface area (Å²) in [7, 11) is 0. The fourth-order valence-corrected chi connectivity index (χ4v) is 1.75. The molecule has 2 aromatic rings. The summed E-state index contributed by atoms with van der Waals surface area (Å²) < 4.78 is 10.7.